The summed E-state index contributed by atoms with van der Waals surface area (Å²) in [5.74, 6) is 0. The Hall–Kier alpha value is -2.15. The van der Waals surface area contributed by atoms with Gasteiger partial charge >= 0.3 is 0 Å². The quantitative estimate of drug-likeness (QED) is 0.665. The minimum Gasteiger partial charge on any atom is -0.289 e. The van der Waals surface area contributed by atoms with Crippen molar-refractivity contribution < 1.29 is 0 Å². The van der Waals surface area contributed by atoms with Gasteiger partial charge in [0.05, 0.1) is 0 Å². The molecule has 0 atom stereocenters. The summed E-state index contributed by atoms with van der Waals surface area (Å²) in [4.78, 5) is 12.2. The molecule has 0 fully saturated rings. The topological polar surface area (TPSA) is 17.1 Å². The highest BCUT2D eigenvalue weighted by atomic mass is 16.1. The first-order valence-electron chi connectivity index (χ1n) is 6.93. The van der Waals surface area contributed by atoms with Gasteiger partial charge in [0.2, 0.25) is 0 Å². The third-order valence-corrected chi connectivity index (χ3v) is 3.94. The van der Waals surface area contributed by atoms with Crippen molar-refractivity contribution in [3.63, 3.8) is 0 Å². The van der Waals surface area contributed by atoms with E-state index < -0.39 is 0 Å². The predicted octanol–water partition coefficient (Wildman–Crippen LogP) is 4.49. The number of rotatable bonds is 2. The van der Waals surface area contributed by atoms with E-state index in [1.165, 1.54) is 22.3 Å². The van der Waals surface area contributed by atoms with Gasteiger partial charge in [0.15, 0.2) is 5.43 Å². The van der Waals surface area contributed by atoms with E-state index in [4.69, 9.17) is 0 Å². The second-order valence-corrected chi connectivity index (χ2v) is 5.72. The van der Waals surface area contributed by atoms with Gasteiger partial charge in [-0.2, -0.15) is 0 Å². The van der Waals surface area contributed by atoms with E-state index in [0.29, 0.717) is 0 Å². The lowest BCUT2D eigenvalue weighted by molar-refractivity contribution is 1.38. The Kier molecular flexibility index (Phi) is 2.86. The second kappa shape index (κ2) is 4.45. The monoisotopic (exact) mass is 262 g/mol. The van der Waals surface area contributed by atoms with Crippen LogP contribution in [0.15, 0.2) is 41.2 Å². The Labute approximate surface area is 119 Å². The van der Waals surface area contributed by atoms with E-state index >= 15 is 0 Å². The molecule has 0 radical (unpaired) electrons. The van der Waals surface area contributed by atoms with Gasteiger partial charge in [0.1, 0.15) is 0 Å². The number of hydrogen-bond acceptors (Lipinski definition) is 1. The Morgan fingerprint density at radius 1 is 0.650 bits per heavy atom. The van der Waals surface area contributed by atoms with Crippen LogP contribution in [0, 0.1) is 27.7 Å². The van der Waals surface area contributed by atoms with Gasteiger partial charge in [-0.3, -0.25) is 4.79 Å². The molecular formula is C19H18O. The normalized spacial score (nSPS) is 11.2. The van der Waals surface area contributed by atoms with E-state index in [1.54, 1.807) is 0 Å². The molecule has 0 amide bonds. The van der Waals surface area contributed by atoms with Crippen molar-refractivity contribution in [2.45, 2.75) is 27.7 Å². The van der Waals surface area contributed by atoms with Crippen LogP contribution in [-0.2, 0) is 0 Å². The maximum atomic E-state index is 12.2. The lowest BCUT2D eigenvalue weighted by Gasteiger charge is -2.04. The zero-order chi connectivity index (χ0) is 14.4. The number of hydrogen-bond donors (Lipinski definition) is 0. The summed E-state index contributed by atoms with van der Waals surface area (Å²) in [5.41, 5.74) is 8.96. The molecule has 3 aromatic rings. The Morgan fingerprint density at radius 3 is 1.40 bits per heavy atom. The third kappa shape index (κ3) is 2.00. The van der Waals surface area contributed by atoms with Crippen molar-refractivity contribution in [2.75, 3.05) is 0 Å². The molecule has 1 heteroatoms. The van der Waals surface area contributed by atoms with Gasteiger partial charge in [-0.25, -0.2) is 0 Å². The fourth-order valence-electron chi connectivity index (χ4n) is 2.87. The first kappa shape index (κ1) is 12.9. The highest BCUT2D eigenvalue weighted by Crippen LogP contribution is 2.37. The van der Waals surface area contributed by atoms with Gasteiger partial charge in [0.25, 0.3) is 0 Å². The molecule has 0 heterocycles. The molecule has 0 spiro atoms. The van der Waals surface area contributed by atoms with Crippen LogP contribution in [-0.4, -0.2) is 0 Å². The molecule has 0 saturated carbocycles. The Bertz CT molecular complexity index is 748. The van der Waals surface area contributed by atoms with Crippen LogP contribution in [0.1, 0.15) is 22.3 Å². The summed E-state index contributed by atoms with van der Waals surface area (Å²) in [6.45, 7) is 8.29. The van der Waals surface area contributed by atoms with Crippen molar-refractivity contribution in [3.8, 4) is 22.3 Å². The molecule has 0 aliphatic carbocycles. The molecule has 0 aromatic heterocycles. The molecule has 0 N–H and O–H groups in total. The third-order valence-electron chi connectivity index (χ3n) is 3.94. The van der Waals surface area contributed by atoms with E-state index in [9.17, 15) is 4.79 Å². The summed E-state index contributed by atoms with van der Waals surface area (Å²) < 4.78 is 0. The van der Waals surface area contributed by atoms with Gasteiger partial charge < -0.3 is 0 Å². The summed E-state index contributed by atoms with van der Waals surface area (Å²) in [6, 6.07) is 12.5. The standard InChI is InChI=1S/C19H18O/c1-11-5-7-15(13(3)9-11)17-18(19(17)20)16-8-6-12(2)10-14(16)4/h5-10H,1-4H3. The van der Waals surface area contributed by atoms with Crippen LogP contribution in [0.25, 0.3) is 22.3 Å². The van der Waals surface area contributed by atoms with Crippen LogP contribution < -0.4 is 5.43 Å². The maximum Gasteiger partial charge on any atom is 0.195 e. The lowest BCUT2D eigenvalue weighted by Crippen LogP contribution is -1.84. The van der Waals surface area contributed by atoms with Crippen molar-refractivity contribution in [1.29, 1.82) is 0 Å². The van der Waals surface area contributed by atoms with Gasteiger partial charge in [-0.1, -0.05) is 47.5 Å². The van der Waals surface area contributed by atoms with E-state index in [0.717, 1.165) is 22.3 Å². The average Bonchev–Trinajstić information content (AvgIpc) is 3.00. The molecule has 20 heavy (non-hydrogen) atoms. The smallest absolute Gasteiger partial charge is 0.195 e. The molecule has 1 nitrogen and oxygen atoms in total. The SMILES string of the molecule is Cc1ccc(-c2c(-c3ccc(C)cc3C)c2=O)c(C)c1. The van der Waals surface area contributed by atoms with Crippen LogP contribution in [0.3, 0.4) is 0 Å². The fraction of sp³-hybridized carbons (Fsp3) is 0.211. The molecule has 0 aliphatic heterocycles. The molecular weight excluding hydrogens is 244 g/mol. The van der Waals surface area contributed by atoms with Gasteiger partial charge in [0, 0.05) is 11.1 Å². The van der Waals surface area contributed by atoms with Gasteiger partial charge in [-0.15, -0.1) is 0 Å². The van der Waals surface area contributed by atoms with Crippen molar-refractivity contribution in [3.05, 3.63) is 68.9 Å². The zero-order valence-corrected chi connectivity index (χ0v) is 12.4. The average molecular weight is 262 g/mol. The van der Waals surface area contributed by atoms with Crippen LogP contribution >= 0.6 is 0 Å². The number of aryl methyl sites for hydroxylation is 4. The molecule has 3 aromatic carbocycles. The summed E-state index contributed by atoms with van der Waals surface area (Å²) in [7, 11) is 0. The first-order valence-corrected chi connectivity index (χ1v) is 6.93. The summed E-state index contributed by atoms with van der Waals surface area (Å²) in [6.07, 6.45) is 0. The molecule has 0 aliphatic rings. The first-order chi connectivity index (χ1) is 9.49. The highest BCUT2D eigenvalue weighted by molar-refractivity contribution is 5.96. The van der Waals surface area contributed by atoms with Crippen molar-refractivity contribution in [2.24, 2.45) is 0 Å². The maximum absolute atomic E-state index is 12.2. The Balaban J connectivity index is 2.10. The lowest BCUT2D eigenvalue weighted by atomic mass is 10.00. The summed E-state index contributed by atoms with van der Waals surface area (Å²) >= 11 is 0. The minimum atomic E-state index is 0.198. The van der Waals surface area contributed by atoms with Crippen LogP contribution in [0.5, 0.6) is 0 Å². The highest BCUT2D eigenvalue weighted by Gasteiger charge is 2.27. The van der Waals surface area contributed by atoms with Crippen molar-refractivity contribution in [1.82, 2.24) is 0 Å². The number of benzene rings is 2. The fourth-order valence-corrected chi connectivity index (χ4v) is 2.87. The van der Waals surface area contributed by atoms with E-state index in [1.807, 2.05) is 0 Å². The molecule has 100 valence electrons. The zero-order valence-electron chi connectivity index (χ0n) is 12.4. The van der Waals surface area contributed by atoms with E-state index in [-0.39, 0.29) is 5.43 Å². The van der Waals surface area contributed by atoms with Crippen molar-refractivity contribution >= 4 is 0 Å². The van der Waals surface area contributed by atoms with E-state index in [2.05, 4.69) is 64.1 Å². The largest absolute Gasteiger partial charge is 0.289 e. The summed E-state index contributed by atoms with van der Waals surface area (Å²) in [5, 5.41) is 0. The molecule has 0 unspecified atom stereocenters. The Morgan fingerprint density at radius 2 is 1.05 bits per heavy atom. The van der Waals surface area contributed by atoms with Crippen LogP contribution in [0.2, 0.25) is 0 Å². The minimum absolute atomic E-state index is 0.198. The molecule has 0 bridgehead atoms. The predicted molar refractivity (Wildman–Crippen MR) is 84.9 cm³/mol. The van der Waals surface area contributed by atoms with Crippen LogP contribution in [0.4, 0.5) is 0 Å². The second-order valence-electron chi connectivity index (χ2n) is 5.72. The molecule has 0 saturated heterocycles. The van der Waals surface area contributed by atoms with Gasteiger partial charge in [-0.05, 0) is 49.9 Å². The molecule has 3 rings (SSSR count).